The normalized spacial score (nSPS) is 11.3. The van der Waals surface area contributed by atoms with E-state index >= 15 is 0 Å². The molecular formula is C33H29FN2O3. The molecular weight excluding hydrogens is 491 g/mol. The number of hydrogen-bond acceptors (Lipinski definition) is 3. The van der Waals surface area contributed by atoms with Crippen molar-refractivity contribution in [2.45, 2.75) is 33.4 Å². The highest BCUT2D eigenvalue weighted by Gasteiger charge is 2.16. The molecule has 39 heavy (non-hydrogen) atoms. The van der Waals surface area contributed by atoms with Gasteiger partial charge < -0.3 is 9.88 Å². The maximum Gasteiger partial charge on any atom is 0.373 e. The summed E-state index contributed by atoms with van der Waals surface area (Å²) in [5.74, 6) is -0.480. The van der Waals surface area contributed by atoms with Gasteiger partial charge in [-0.15, -0.1) is 0 Å². The molecule has 0 saturated carbocycles. The van der Waals surface area contributed by atoms with Crippen LogP contribution in [0, 0.1) is 19.7 Å². The third-order valence-corrected chi connectivity index (χ3v) is 7.00. The molecule has 1 heterocycles. The fourth-order valence-electron chi connectivity index (χ4n) is 4.75. The quantitative estimate of drug-likeness (QED) is 0.262. The third-order valence-electron chi connectivity index (χ3n) is 7.00. The van der Waals surface area contributed by atoms with Gasteiger partial charge >= 0.3 is 6.15 Å². The summed E-state index contributed by atoms with van der Waals surface area (Å²) >= 11 is 0. The average Bonchev–Trinajstić information content (AvgIpc) is 3.18. The zero-order valence-corrected chi connectivity index (χ0v) is 22.1. The average molecular weight is 521 g/mol. The fraction of sp³-hybridized carbons (Fsp3) is 0.152. The number of carbonyl (C=O) groups excluding carboxylic acids is 3. The summed E-state index contributed by atoms with van der Waals surface area (Å²) in [4.78, 5) is 29.2. The predicted octanol–water partition coefficient (Wildman–Crippen LogP) is 7.02. The molecule has 5 nitrogen and oxygen atoms in total. The lowest BCUT2D eigenvalue weighted by Crippen LogP contribution is -2.26. The Morgan fingerprint density at radius 2 is 1.54 bits per heavy atom. The highest BCUT2D eigenvalue weighted by atomic mass is 19.1. The Morgan fingerprint density at radius 1 is 0.872 bits per heavy atom. The maximum atomic E-state index is 13.6. The van der Waals surface area contributed by atoms with Crippen LogP contribution < -0.4 is 5.32 Å². The van der Waals surface area contributed by atoms with Crippen molar-refractivity contribution in [3.63, 3.8) is 0 Å². The first-order valence-electron chi connectivity index (χ1n) is 12.6. The van der Waals surface area contributed by atoms with Crippen molar-refractivity contribution < 1.29 is 18.8 Å². The Balaban J connectivity index is 0.00000112. The third kappa shape index (κ3) is 6.20. The van der Waals surface area contributed by atoms with Crippen LogP contribution in [0.15, 0.2) is 97.1 Å². The van der Waals surface area contributed by atoms with Crippen molar-refractivity contribution in [3.8, 4) is 11.1 Å². The first-order chi connectivity index (χ1) is 18.8. The van der Waals surface area contributed by atoms with Crippen molar-refractivity contribution in [3.05, 3.63) is 131 Å². The lowest BCUT2D eigenvalue weighted by molar-refractivity contribution is -0.191. The number of hydrogen-bond donors (Lipinski definition) is 1. The number of nitrogens with zero attached hydrogens (tertiary/aromatic N) is 1. The van der Waals surface area contributed by atoms with E-state index < -0.39 is 0 Å². The standard InChI is InChI=1S/C32H29FN2O.CO2/c1-21-23(3)35(20-24-12-14-26(15-13-24)25-8-5-4-6-9-25)31-17-16-28(19-30(21)31)32(36)34-22(2)27-10-7-11-29(33)18-27;2-1-3/h4-19,22H,20H2,1-3H3,(H,34,36);/t22-;/m0./s1. The van der Waals surface area contributed by atoms with Crippen LogP contribution in [0.3, 0.4) is 0 Å². The first-order valence-corrected chi connectivity index (χ1v) is 12.6. The van der Waals surface area contributed by atoms with Crippen LogP contribution in [0.2, 0.25) is 0 Å². The molecule has 0 aliphatic carbocycles. The van der Waals surface area contributed by atoms with E-state index in [2.05, 4.69) is 72.3 Å². The van der Waals surface area contributed by atoms with Crippen LogP contribution in [0.25, 0.3) is 22.0 Å². The molecule has 196 valence electrons. The van der Waals surface area contributed by atoms with Crippen LogP contribution in [-0.4, -0.2) is 16.6 Å². The zero-order chi connectivity index (χ0) is 27.9. The Hall–Kier alpha value is -4.80. The number of nitrogens with one attached hydrogen (secondary N) is 1. The summed E-state index contributed by atoms with van der Waals surface area (Å²) in [6.07, 6.45) is 0.250. The van der Waals surface area contributed by atoms with Gasteiger partial charge in [0.1, 0.15) is 5.82 Å². The molecule has 0 fully saturated rings. The second-order valence-electron chi connectivity index (χ2n) is 9.42. The zero-order valence-electron chi connectivity index (χ0n) is 22.1. The van der Waals surface area contributed by atoms with Gasteiger partial charge in [-0.1, -0.05) is 66.7 Å². The van der Waals surface area contributed by atoms with E-state index in [9.17, 15) is 9.18 Å². The second kappa shape index (κ2) is 12.2. The fourth-order valence-corrected chi connectivity index (χ4v) is 4.75. The molecule has 0 spiro atoms. The largest absolute Gasteiger partial charge is 0.373 e. The smallest absolute Gasteiger partial charge is 0.346 e. The minimum absolute atomic E-state index is 0.171. The molecule has 1 amide bonds. The highest BCUT2D eigenvalue weighted by Crippen LogP contribution is 2.28. The van der Waals surface area contributed by atoms with Gasteiger partial charge in [-0.05, 0) is 78.9 Å². The van der Waals surface area contributed by atoms with Gasteiger partial charge in [0.25, 0.3) is 5.91 Å². The molecule has 1 atom stereocenters. The van der Waals surface area contributed by atoms with Gasteiger partial charge in [-0.2, -0.15) is 9.59 Å². The summed E-state index contributed by atoms with van der Waals surface area (Å²) in [5, 5.41) is 4.06. The maximum absolute atomic E-state index is 13.6. The van der Waals surface area contributed by atoms with E-state index in [0.29, 0.717) is 5.56 Å². The predicted molar refractivity (Wildman–Crippen MR) is 150 cm³/mol. The molecule has 1 N–H and O–H groups in total. The Labute approximate surface area is 226 Å². The van der Waals surface area contributed by atoms with Crippen LogP contribution in [0.5, 0.6) is 0 Å². The SMILES string of the molecule is Cc1c(C)n(Cc2ccc(-c3ccccc3)cc2)c2ccc(C(=O)N[C@@H](C)c3cccc(F)c3)cc12.O=C=O. The summed E-state index contributed by atoms with van der Waals surface area (Å²) < 4.78 is 15.9. The Bertz CT molecular complexity index is 1630. The first kappa shape index (κ1) is 27.2. The van der Waals surface area contributed by atoms with E-state index in [4.69, 9.17) is 9.59 Å². The van der Waals surface area contributed by atoms with E-state index in [1.165, 1.54) is 40.1 Å². The van der Waals surface area contributed by atoms with Crippen LogP contribution in [-0.2, 0) is 16.1 Å². The summed E-state index contributed by atoms with van der Waals surface area (Å²) in [6.45, 7) is 6.84. The van der Waals surface area contributed by atoms with Gasteiger partial charge in [0.15, 0.2) is 0 Å². The van der Waals surface area contributed by atoms with Crippen molar-refractivity contribution in [2.75, 3.05) is 0 Å². The molecule has 6 heteroatoms. The van der Waals surface area contributed by atoms with Gasteiger partial charge in [0.05, 0.1) is 6.04 Å². The van der Waals surface area contributed by atoms with Crippen LogP contribution in [0.4, 0.5) is 4.39 Å². The number of carbonyl (C=O) groups is 1. The van der Waals surface area contributed by atoms with Crippen molar-refractivity contribution in [1.82, 2.24) is 9.88 Å². The highest BCUT2D eigenvalue weighted by molar-refractivity contribution is 5.99. The molecule has 0 saturated heterocycles. The number of amides is 1. The van der Waals surface area contributed by atoms with Crippen LogP contribution >= 0.6 is 0 Å². The Kier molecular flexibility index (Phi) is 8.50. The van der Waals surface area contributed by atoms with Crippen molar-refractivity contribution in [2.24, 2.45) is 0 Å². The minimum atomic E-state index is -0.308. The monoisotopic (exact) mass is 520 g/mol. The Morgan fingerprint density at radius 3 is 2.21 bits per heavy atom. The van der Waals surface area contributed by atoms with E-state index in [0.717, 1.165) is 23.0 Å². The van der Waals surface area contributed by atoms with Crippen molar-refractivity contribution in [1.29, 1.82) is 0 Å². The van der Waals surface area contributed by atoms with Gasteiger partial charge in [0, 0.05) is 28.7 Å². The number of aryl methyl sites for hydroxylation is 1. The molecule has 0 aliphatic rings. The van der Waals surface area contributed by atoms with E-state index in [1.54, 1.807) is 6.07 Å². The lowest BCUT2D eigenvalue weighted by atomic mass is 10.0. The van der Waals surface area contributed by atoms with Crippen LogP contribution in [0.1, 0.15) is 45.7 Å². The molecule has 0 bridgehead atoms. The van der Waals surface area contributed by atoms with Gasteiger partial charge in [-0.3, -0.25) is 4.79 Å². The molecule has 0 aliphatic heterocycles. The molecule has 1 aromatic heterocycles. The molecule has 5 rings (SSSR count). The van der Waals surface area contributed by atoms with Gasteiger partial charge in [-0.25, -0.2) is 4.39 Å². The topological polar surface area (TPSA) is 68.2 Å². The number of fused-ring (bicyclic) bond motifs is 1. The summed E-state index contributed by atoms with van der Waals surface area (Å²) in [5.41, 5.74) is 8.42. The number of halogens is 1. The summed E-state index contributed by atoms with van der Waals surface area (Å²) in [7, 11) is 0. The lowest BCUT2D eigenvalue weighted by Gasteiger charge is -2.15. The minimum Gasteiger partial charge on any atom is -0.346 e. The number of aromatic nitrogens is 1. The summed E-state index contributed by atoms with van der Waals surface area (Å²) in [6, 6.07) is 30.9. The second-order valence-corrected chi connectivity index (χ2v) is 9.42. The molecule has 4 aromatic carbocycles. The molecule has 0 unspecified atom stereocenters. The van der Waals surface area contributed by atoms with E-state index in [1.807, 2.05) is 37.3 Å². The van der Waals surface area contributed by atoms with E-state index in [-0.39, 0.29) is 23.9 Å². The molecule has 0 radical (unpaired) electrons. The van der Waals surface area contributed by atoms with Gasteiger partial charge in [0.2, 0.25) is 0 Å². The number of rotatable bonds is 6. The van der Waals surface area contributed by atoms with Crippen molar-refractivity contribution >= 4 is 23.0 Å². The number of benzene rings is 4. The molecule has 5 aromatic rings.